The minimum absolute atomic E-state index is 0.0260. The van der Waals surface area contributed by atoms with Crippen molar-refractivity contribution in [1.82, 2.24) is 24.5 Å². The fourth-order valence-electron chi connectivity index (χ4n) is 3.05. The maximum Gasteiger partial charge on any atom is 0.255 e. The van der Waals surface area contributed by atoms with Crippen LogP contribution in [0.25, 0.3) is 16.9 Å². The molecular formula is C19H21ClF2N8O. The highest BCUT2D eigenvalue weighted by atomic mass is 35.5. The van der Waals surface area contributed by atoms with E-state index in [0.29, 0.717) is 6.61 Å². The number of benzene rings is 1. The molecule has 1 aliphatic rings. The van der Waals surface area contributed by atoms with Crippen LogP contribution in [0.2, 0.25) is 5.15 Å². The van der Waals surface area contributed by atoms with Gasteiger partial charge in [-0.2, -0.15) is 29.8 Å². The maximum atomic E-state index is 15.1. The fraction of sp³-hybridized carbons (Fsp3) is 0.421. The van der Waals surface area contributed by atoms with Crippen LogP contribution in [0.5, 0.6) is 5.75 Å². The van der Waals surface area contributed by atoms with Gasteiger partial charge in [0.05, 0.1) is 24.3 Å². The van der Waals surface area contributed by atoms with E-state index in [1.807, 2.05) is 25.9 Å². The lowest BCUT2D eigenvalue weighted by Crippen LogP contribution is -2.21. The molecule has 0 radical (unpaired) electrons. The summed E-state index contributed by atoms with van der Waals surface area (Å²) in [5.74, 6) is -1.14. The van der Waals surface area contributed by atoms with Gasteiger partial charge in [0.25, 0.3) is 5.78 Å². The van der Waals surface area contributed by atoms with Gasteiger partial charge < -0.3 is 15.0 Å². The van der Waals surface area contributed by atoms with Crippen LogP contribution in [-0.2, 0) is 0 Å². The molecule has 12 heteroatoms. The summed E-state index contributed by atoms with van der Waals surface area (Å²) in [5.41, 5.74) is -0.924. The van der Waals surface area contributed by atoms with E-state index in [9.17, 15) is 0 Å². The molecule has 0 spiro atoms. The van der Waals surface area contributed by atoms with Crippen LogP contribution in [0.3, 0.4) is 0 Å². The Kier molecular flexibility index (Phi) is 5.71. The number of aromatic nitrogens is 4. The molecule has 2 aromatic heterocycles. The number of nitrogens with zero attached hydrogens (tertiary/aromatic N) is 7. The average molecular weight is 451 g/mol. The first kappa shape index (κ1) is 21.3. The number of hydrogen-bond acceptors (Lipinski definition) is 8. The van der Waals surface area contributed by atoms with Crippen LogP contribution in [0.4, 0.5) is 14.6 Å². The zero-order valence-electron chi connectivity index (χ0n) is 17.2. The first-order valence-electron chi connectivity index (χ1n) is 9.61. The van der Waals surface area contributed by atoms with E-state index in [4.69, 9.17) is 16.3 Å². The SMILES string of the molecule is CN(C)CCCOc1cc(F)c(-c2c(Cl)nc3ncnn3c2NCC2(C)N=N2)c(F)c1. The molecule has 164 valence electrons. The monoisotopic (exact) mass is 450 g/mol. The third kappa shape index (κ3) is 4.57. The van der Waals surface area contributed by atoms with E-state index in [1.165, 1.54) is 10.8 Å². The average Bonchev–Trinajstić information content (AvgIpc) is 3.25. The molecule has 4 rings (SSSR count). The second kappa shape index (κ2) is 8.31. The molecule has 31 heavy (non-hydrogen) atoms. The highest BCUT2D eigenvalue weighted by Gasteiger charge is 2.34. The predicted molar refractivity (Wildman–Crippen MR) is 112 cm³/mol. The maximum absolute atomic E-state index is 15.1. The van der Waals surface area contributed by atoms with Gasteiger partial charge in [-0.1, -0.05) is 11.6 Å². The molecule has 0 saturated heterocycles. The Bertz CT molecular complexity index is 1120. The number of nitrogens with one attached hydrogen (secondary N) is 1. The molecule has 3 heterocycles. The van der Waals surface area contributed by atoms with Gasteiger partial charge in [-0.25, -0.2) is 8.78 Å². The van der Waals surface area contributed by atoms with Gasteiger partial charge in [-0.05, 0) is 27.4 Å². The molecule has 1 aliphatic heterocycles. The smallest absolute Gasteiger partial charge is 0.255 e. The summed E-state index contributed by atoms with van der Waals surface area (Å²) in [6, 6.07) is 2.26. The van der Waals surface area contributed by atoms with E-state index >= 15 is 8.78 Å². The van der Waals surface area contributed by atoms with Crippen LogP contribution in [0.1, 0.15) is 13.3 Å². The standard InChI is InChI=1S/C19H21ClF2N8O/c1-19(27-28-19)9-23-17-15(16(20)26-18-24-10-25-30(17)18)14-12(21)7-11(8-13(14)22)31-6-4-5-29(2)3/h7-8,10,23H,4-6,9H2,1-3H3. The van der Waals surface area contributed by atoms with Gasteiger partial charge >= 0.3 is 0 Å². The van der Waals surface area contributed by atoms with Gasteiger partial charge in [-0.15, -0.1) is 0 Å². The van der Waals surface area contributed by atoms with Crippen molar-refractivity contribution < 1.29 is 13.5 Å². The van der Waals surface area contributed by atoms with Crippen LogP contribution < -0.4 is 10.1 Å². The molecule has 0 atom stereocenters. The van der Waals surface area contributed by atoms with Gasteiger partial charge in [-0.3, -0.25) is 0 Å². The Labute approximate surface area is 182 Å². The number of halogens is 3. The van der Waals surface area contributed by atoms with Crippen LogP contribution in [-0.4, -0.2) is 63.9 Å². The van der Waals surface area contributed by atoms with E-state index in [2.05, 4.69) is 30.6 Å². The Morgan fingerprint density at radius 3 is 2.55 bits per heavy atom. The minimum atomic E-state index is -0.833. The Hall–Kier alpha value is -2.92. The minimum Gasteiger partial charge on any atom is -0.493 e. The molecule has 0 fully saturated rings. The lowest BCUT2D eigenvalue weighted by molar-refractivity contribution is 0.279. The molecule has 1 N–H and O–H groups in total. The van der Waals surface area contributed by atoms with E-state index in [1.54, 1.807) is 0 Å². The van der Waals surface area contributed by atoms with Gasteiger partial charge in [0.15, 0.2) is 0 Å². The quantitative estimate of drug-likeness (QED) is 0.395. The van der Waals surface area contributed by atoms with Crippen molar-refractivity contribution in [3.8, 4) is 16.9 Å². The predicted octanol–water partition coefficient (Wildman–Crippen LogP) is 3.65. The Morgan fingerprint density at radius 1 is 1.19 bits per heavy atom. The normalized spacial score (nSPS) is 14.4. The van der Waals surface area contributed by atoms with Crippen molar-refractivity contribution in [2.75, 3.05) is 39.1 Å². The highest BCUT2D eigenvalue weighted by Crippen LogP contribution is 2.39. The van der Waals surface area contributed by atoms with Gasteiger partial charge in [0.2, 0.25) is 5.66 Å². The van der Waals surface area contributed by atoms with E-state index < -0.39 is 17.3 Å². The number of hydrogen-bond donors (Lipinski definition) is 1. The number of ether oxygens (including phenoxy) is 1. The van der Waals surface area contributed by atoms with Crippen LogP contribution in [0, 0.1) is 11.6 Å². The largest absolute Gasteiger partial charge is 0.493 e. The second-order valence-corrected chi connectivity index (χ2v) is 7.99. The lowest BCUT2D eigenvalue weighted by Gasteiger charge is -2.17. The third-order valence-electron chi connectivity index (χ3n) is 4.70. The highest BCUT2D eigenvalue weighted by molar-refractivity contribution is 6.33. The molecular weight excluding hydrogens is 430 g/mol. The summed E-state index contributed by atoms with van der Waals surface area (Å²) in [5, 5.41) is 14.9. The van der Waals surface area contributed by atoms with Gasteiger partial charge in [0, 0.05) is 18.7 Å². The summed E-state index contributed by atoms with van der Waals surface area (Å²) in [4.78, 5) is 10.1. The molecule has 3 aromatic rings. The van der Waals surface area contributed by atoms with Crippen LogP contribution >= 0.6 is 11.6 Å². The van der Waals surface area contributed by atoms with Gasteiger partial charge in [0.1, 0.15) is 34.7 Å². The molecule has 0 bridgehead atoms. The van der Waals surface area contributed by atoms with Crippen molar-refractivity contribution in [2.24, 2.45) is 10.2 Å². The number of anilines is 1. The first-order valence-corrected chi connectivity index (χ1v) is 9.99. The summed E-state index contributed by atoms with van der Waals surface area (Å²) in [6.45, 7) is 3.23. The van der Waals surface area contributed by atoms with Crippen molar-refractivity contribution >= 4 is 23.2 Å². The van der Waals surface area contributed by atoms with Crippen molar-refractivity contribution in [1.29, 1.82) is 0 Å². The molecule has 0 amide bonds. The molecule has 0 unspecified atom stereocenters. The fourth-order valence-corrected chi connectivity index (χ4v) is 3.31. The number of fused-ring (bicyclic) bond motifs is 1. The summed E-state index contributed by atoms with van der Waals surface area (Å²) >= 11 is 6.33. The number of rotatable bonds is 9. The summed E-state index contributed by atoms with van der Waals surface area (Å²) in [6.07, 6.45) is 2.00. The Balaban J connectivity index is 1.69. The van der Waals surface area contributed by atoms with Crippen molar-refractivity contribution in [2.45, 2.75) is 19.0 Å². The third-order valence-corrected chi connectivity index (χ3v) is 4.97. The molecule has 0 saturated carbocycles. The zero-order valence-corrected chi connectivity index (χ0v) is 18.0. The zero-order chi connectivity index (χ0) is 22.2. The van der Waals surface area contributed by atoms with Crippen molar-refractivity contribution in [3.63, 3.8) is 0 Å². The lowest BCUT2D eigenvalue weighted by atomic mass is 10.1. The van der Waals surface area contributed by atoms with Crippen molar-refractivity contribution in [3.05, 3.63) is 35.2 Å². The summed E-state index contributed by atoms with van der Waals surface area (Å²) < 4.78 is 37.0. The van der Waals surface area contributed by atoms with Crippen LogP contribution in [0.15, 0.2) is 28.7 Å². The van der Waals surface area contributed by atoms with E-state index in [-0.39, 0.29) is 40.2 Å². The summed E-state index contributed by atoms with van der Waals surface area (Å²) in [7, 11) is 3.88. The molecule has 0 aliphatic carbocycles. The topological polar surface area (TPSA) is 92.3 Å². The molecule has 1 aromatic carbocycles. The van der Waals surface area contributed by atoms with E-state index in [0.717, 1.165) is 25.1 Å². The second-order valence-electron chi connectivity index (χ2n) is 7.64. The molecule has 9 nitrogen and oxygen atoms in total. The Morgan fingerprint density at radius 2 is 1.90 bits per heavy atom. The first-order chi connectivity index (χ1) is 14.8.